The van der Waals surface area contributed by atoms with Gasteiger partial charge in [0.05, 0.1) is 17.7 Å². The molecule has 0 radical (unpaired) electrons. The molecule has 192 valence electrons. The highest BCUT2D eigenvalue weighted by molar-refractivity contribution is 6.09. The minimum atomic E-state index is -0.703. The van der Waals surface area contributed by atoms with Gasteiger partial charge >= 0.3 is 0 Å². The van der Waals surface area contributed by atoms with E-state index in [2.05, 4.69) is 55.2 Å². The quantitative estimate of drug-likeness (QED) is 0.271. The molecule has 1 aromatic heterocycles. The third-order valence-corrected chi connectivity index (χ3v) is 7.33. The molecule has 1 fully saturated rings. The molecule has 4 heteroatoms. The Kier molecular flexibility index (Phi) is 6.00. The zero-order valence-electron chi connectivity index (χ0n) is 22.8. The molecular formula is C34H33NO3. The molecule has 4 nitrogen and oxygen atoms in total. The molecule has 3 aromatic carbocycles. The second-order valence-electron chi connectivity index (χ2n) is 11.6. The monoisotopic (exact) mass is 503 g/mol. The summed E-state index contributed by atoms with van der Waals surface area (Å²) >= 11 is 0. The van der Waals surface area contributed by atoms with E-state index >= 15 is 0 Å². The smallest absolute Gasteiger partial charge is 0.163 e. The van der Waals surface area contributed by atoms with Gasteiger partial charge in [-0.25, -0.2) is 0 Å². The fourth-order valence-corrected chi connectivity index (χ4v) is 5.48. The summed E-state index contributed by atoms with van der Waals surface area (Å²) in [6, 6.07) is 14.8. The number of hydrogen-bond acceptors (Lipinski definition) is 4. The average Bonchev–Trinajstić information content (AvgIpc) is 3.70. The van der Waals surface area contributed by atoms with Crippen molar-refractivity contribution in [2.75, 3.05) is 6.61 Å². The lowest BCUT2D eigenvalue weighted by molar-refractivity contribution is -0.138. The molecule has 4 aromatic rings. The molecule has 1 aliphatic heterocycles. The summed E-state index contributed by atoms with van der Waals surface area (Å²) in [5.41, 5.74) is 6.54. The van der Waals surface area contributed by atoms with Crippen LogP contribution in [0.2, 0.25) is 0 Å². The number of carbonyl (C=O) groups is 1. The lowest BCUT2D eigenvalue weighted by atomic mass is 9.84. The summed E-state index contributed by atoms with van der Waals surface area (Å²) < 4.78 is 12.5. The van der Waals surface area contributed by atoms with E-state index < -0.39 is 11.7 Å². The standard InChI is InChI=1S/C34H33NO3/c1-20-18-25-19-23(9-8-22-6-7-22)10-11-26(25)31(29(20)33(21(2)36)38-34(3,4)5)27-12-13-28-30-24(15-17-37-28)14-16-35-32(27)30/h10-14,16,18-19,22,33H,6-7,15,17H2,1-5H3. The third kappa shape index (κ3) is 4.57. The van der Waals surface area contributed by atoms with Crippen molar-refractivity contribution in [1.29, 1.82) is 0 Å². The van der Waals surface area contributed by atoms with Crippen LogP contribution in [0.4, 0.5) is 0 Å². The molecule has 1 atom stereocenters. The van der Waals surface area contributed by atoms with Crippen LogP contribution in [0.1, 0.15) is 68.9 Å². The predicted molar refractivity (Wildman–Crippen MR) is 152 cm³/mol. The number of ether oxygens (including phenoxy) is 2. The summed E-state index contributed by atoms with van der Waals surface area (Å²) in [4.78, 5) is 18.0. The van der Waals surface area contributed by atoms with Gasteiger partial charge in [0, 0.05) is 35.0 Å². The number of nitrogens with zero attached hydrogens (tertiary/aromatic N) is 1. The Hall–Kier alpha value is -3.68. The highest BCUT2D eigenvalue weighted by Gasteiger charge is 2.31. The molecule has 6 rings (SSSR count). The predicted octanol–water partition coefficient (Wildman–Crippen LogP) is 7.51. The lowest BCUT2D eigenvalue weighted by Crippen LogP contribution is -2.27. The van der Waals surface area contributed by atoms with E-state index in [-0.39, 0.29) is 5.78 Å². The molecule has 38 heavy (non-hydrogen) atoms. The summed E-state index contributed by atoms with van der Waals surface area (Å²) in [5, 5.41) is 3.21. The fraction of sp³-hybridized carbons (Fsp3) is 0.353. The van der Waals surface area contributed by atoms with Crippen molar-refractivity contribution in [1.82, 2.24) is 4.98 Å². The molecule has 2 heterocycles. The van der Waals surface area contributed by atoms with Crippen molar-refractivity contribution >= 4 is 27.5 Å². The van der Waals surface area contributed by atoms with Gasteiger partial charge in [-0.1, -0.05) is 24.0 Å². The number of rotatable bonds is 4. The SMILES string of the molecule is CC(=O)C(OC(C)(C)C)c1c(C)cc2cc(C#CC3CC3)ccc2c1-c1ccc2c3c(ccnc13)CCO2. The van der Waals surface area contributed by atoms with Crippen molar-refractivity contribution in [3.05, 3.63) is 70.9 Å². The molecule has 0 bridgehead atoms. The van der Waals surface area contributed by atoms with Crippen LogP contribution in [0.3, 0.4) is 0 Å². The number of aromatic nitrogens is 1. The first-order valence-corrected chi connectivity index (χ1v) is 13.5. The Labute approximate surface area is 224 Å². The maximum absolute atomic E-state index is 13.2. The van der Waals surface area contributed by atoms with Crippen LogP contribution in [0.25, 0.3) is 32.8 Å². The van der Waals surface area contributed by atoms with Crippen LogP contribution >= 0.6 is 0 Å². The van der Waals surface area contributed by atoms with Crippen LogP contribution in [-0.2, 0) is 16.0 Å². The highest BCUT2D eigenvalue weighted by atomic mass is 16.5. The van der Waals surface area contributed by atoms with Gasteiger partial charge in [-0.2, -0.15) is 0 Å². The Morgan fingerprint density at radius 3 is 2.68 bits per heavy atom. The maximum atomic E-state index is 13.2. The van der Waals surface area contributed by atoms with Crippen LogP contribution in [-0.4, -0.2) is 23.0 Å². The molecule has 0 saturated heterocycles. The van der Waals surface area contributed by atoms with Gasteiger partial charge < -0.3 is 9.47 Å². The van der Waals surface area contributed by atoms with Gasteiger partial charge in [0.15, 0.2) is 5.78 Å². The number of ketones is 1. The number of hydrogen-bond donors (Lipinski definition) is 0. The number of pyridine rings is 1. The van der Waals surface area contributed by atoms with Gasteiger partial charge in [-0.05, 0) is 111 Å². The second-order valence-corrected chi connectivity index (χ2v) is 11.6. The Balaban J connectivity index is 1.67. The summed E-state index contributed by atoms with van der Waals surface area (Å²) in [7, 11) is 0. The normalized spacial score (nSPS) is 15.6. The van der Waals surface area contributed by atoms with Crippen molar-refractivity contribution in [3.8, 4) is 28.7 Å². The number of Topliss-reactive ketones (excluding diaryl/α,β-unsaturated/α-hetero) is 1. The largest absolute Gasteiger partial charge is 0.493 e. The first kappa shape index (κ1) is 24.6. The van der Waals surface area contributed by atoms with Gasteiger partial charge in [0.1, 0.15) is 11.9 Å². The Morgan fingerprint density at radius 1 is 1.13 bits per heavy atom. The Morgan fingerprint density at radius 2 is 1.95 bits per heavy atom. The van der Waals surface area contributed by atoms with E-state index in [1.54, 1.807) is 6.92 Å². The summed E-state index contributed by atoms with van der Waals surface area (Å²) in [6.45, 7) is 10.3. The van der Waals surface area contributed by atoms with Gasteiger partial charge in [-0.3, -0.25) is 9.78 Å². The van der Waals surface area contributed by atoms with Crippen LogP contribution < -0.4 is 4.74 Å². The van der Waals surface area contributed by atoms with Crippen LogP contribution in [0.5, 0.6) is 5.75 Å². The van der Waals surface area contributed by atoms with E-state index in [1.165, 1.54) is 18.4 Å². The van der Waals surface area contributed by atoms with Gasteiger partial charge in [0.25, 0.3) is 0 Å². The number of benzene rings is 3. The van der Waals surface area contributed by atoms with Crippen LogP contribution in [0.15, 0.2) is 48.7 Å². The lowest BCUT2D eigenvalue weighted by Gasteiger charge is -2.30. The van der Waals surface area contributed by atoms with Gasteiger partial charge in [-0.15, -0.1) is 0 Å². The second kappa shape index (κ2) is 9.26. The molecule has 1 saturated carbocycles. The van der Waals surface area contributed by atoms with E-state index in [0.29, 0.717) is 12.5 Å². The van der Waals surface area contributed by atoms with Crippen molar-refractivity contribution < 1.29 is 14.3 Å². The molecule has 0 amide bonds. The molecule has 1 unspecified atom stereocenters. The van der Waals surface area contributed by atoms with E-state index in [9.17, 15) is 4.79 Å². The topological polar surface area (TPSA) is 48.4 Å². The van der Waals surface area contributed by atoms with Crippen molar-refractivity contribution in [2.45, 2.75) is 65.6 Å². The molecule has 0 spiro atoms. The van der Waals surface area contributed by atoms with Crippen LogP contribution in [0, 0.1) is 24.7 Å². The number of aryl methyl sites for hydroxylation is 1. The number of carbonyl (C=O) groups excluding carboxylic acids is 1. The minimum absolute atomic E-state index is 0.0189. The summed E-state index contributed by atoms with van der Waals surface area (Å²) in [5.74, 6) is 8.13. The van der Waals surface area contributed by atoms with E-state index in [1.807, 2.05) is 33.0 Å². The zero-order valence-corrected chi connectivity index (χ0v) is 22.8. The minimum Gasteiger partial charge on any atom is -0.493 e. The van der Waals surface area contributed by atoms with Crippen molar-refractivity contribution in [2.24, 2.45) is 5.92 Å². The van der Waals surface area contributed by atoms with Crippen molar-refractivity contribution in [3.63, 3.8) is 0 Å². The molecule has 2 aliphatic rings. The zero-order chi connectivity index (χ0) is 26.6. The fourth-order valence-electron chi connectivity index (χ4n) is 5.48. The third-order valence-electron chi connectivity index (χ3n) is 7.33. The average molecular weight is 504 g/mol. The molecular weight excluding hydrogens is 470 g/mol. The molecule has 1 aliphatic carbocycles. The first-order valence-electron chi connectivity index (χ1n) is 13.5. The highest BCUT2D eigenvalue weighted by Crippen LogP contribution is 2.45. The van der Waals surface area contributed by atoms with E-state index in [4.69, 9.17) is 14.5 Å². The first-order chi connectivity index (χ1) is 18.2. The number of fused-ring (bicyclic) bond motifs is 1. The van der Waals surface area contributed by atoms with E-state index in [0.717, 1.165) is 61.7 Å². The molecule has 0 N–H and O–H groups in total. The summed E-state index contributed by atoms with van der Waals surface area (Å²) in [6.07, 6.45) is 4.44. The maximum Gasteiger partial charge on any atom is 0.163 e. The van der Waals surface area contributed by atoms with Gasteiger partial charge in [0.2, 0.25) is 0 Å². The Bertz CT molecular complexity index is 1650.